The number of β-amino-alcohol motifs (C(OH)–C–C–N with tert-alkyl or cyclic N) is 2. The topological polar surface area (TPSA) is 72.7 Å². The van der Waals surface area contributed by atoms with Gasteiger partial charge in [0.15, 0.2) is 11.6 Å². The molecule has 0 saturated heterocycles. The average molecular weight is 577 g/mol. The highest BCUT2D eigenvalue weighted by Crippen LogP contribution is 2.49. The molecule has 1 aliphatic rings. The van der Waals surface area contributed by atoms with Crippen molar-refractivity contribution in [1.29, 1.82) is 0 Å². The lowest BCUT2D eigenvalue weighted by atomic mass is 9.84. The molecule has 0 unspecified atom stereocenters. The molecule has 0 aliphatic carbocycles. The van der Waals surface area contributed by atoms with E-state index in [-0.39, 0.29) is 13.1 Å². The highest BCUT2D eigenvalue weighted by molar-refractivity contribution is 5.90. The average Bonchev–Trinajstić information content (AvgIpc) is 3.11. The Hall–Kier alpha value is -5.30. The van der Waals surface area contributed by atoms with Gasteiger partial charge in [0.25, 0.3) is 0 Å². The van der Waals surface area contributed by atoms with Crippen LogP contribution in [0.2, 0.25) is 0 Å². The lowest BCUT2D eigenvalue weighted by Crippen LogP contribution is -2.45. The number of hydrogen-bond donors (Lipinski definition) is 2. The van der Waals surface area contributed by atoms with E-state index in [0.717, 1.165) is 33.6 Å². The van der Waals surface area contributed by atoms with Crippen molar-refractivity contribution in [3.63, 3.8) is 0 Å². The van der Waals surface area contributed by atoms with Crippen LogP contribution < -0.4 is 9.80 Å². The molecule has 0 bridgehead atoms. The summed E-state index contributed by atoms with van der Waals surface area (Å²) in [4.78, 5) is 13.8. The molecule has 6 nitrogen and oxygen atoms in total. The van der Waals surface area contributed by atoms with Gasteiger partial charge in [0, 0.05) is 12.4 Å². The first-order valence-corrected chi connectivity index (χ1v) is 14.7. The summed E-state index contributed by atoms with van der Waals surface area (Å²) < 4.78 is 0. The van der Waals surface area contributed by atoms with Crippen LogP contribution in [0.3, 0.4) is 0 Å². The quantitative estimate of drug-likeness (QED) is 0.205. The molecule has 1 aliphatic heterocycles. The first-order valence-electron chi connectivity index (χ1n) is 14.7. The molecule has 7 rings (SSSR count). The molecule has 216 valence electrons. The maximum Gasteiger partial charge on any atom is 0.157 e. The standard InChI is InChI=1S/C38H32N4O2/c43-37(29-15-5-1-6-16-29,30-17-7-2-8-18-30)27-41-33-23-13-26-40-36(33)42(34-24-14-25-39-35(34)41)28-38(44,31-19-9-3-10-20-31)32-21-11-4-12-22-32/h1-26,43-44H,27-28H2. The van der Waals surface area contributed by atoms with E-state index in [1.807, 2.05) is 155 Å². The number of aromatic nitrogens is 2. The van der Waals surface area contributed by atoms with Crippen molar-refractivity contribution < 1.29 is 10.2 Å². The van der Waals surface area contributed by atoms with E-state index >= 15 is 0 Å². The molecule has 0 atom stereocenters. The molecule has 0 spiro atoms. The zero-order valence-corrected chi connectivity index (χ0v) is 24.1. The van der Waals surface area contributed by atoms with Crippen molar-refractivity contribution >= 4 is 23.0 Å². The van der Waals surface area contributed by atoms with E-state index in [1.165, 1.54) is 0 Å². The molecule has 2 aromatic heterocycles. The van der Waals surface area contributed by atoms with Crippen molar-refractivity contribution in [2.45, 2.75) is 11.2 Å². The van der Waals surface area contributed by atoms with Crippen LogP contribution in [0.15, 0.2) is 158 Å². The minimum absolute atomic E-state index is 0.194. The van der Waals surface area contributed by atoms with Crippen LogP contribution in [0.4, 0.5) is 23.0 Å². The predicted molar refractivity (Wildman–Crippen MR) is 174 cm³/mol. The van der Waals surface area contributed by atoms with Gasteiger partial charge in [-0.1, -0.05) is 121 Å². The molecule has 0 saturated carbocycles. The van der Waals surface area contributed by atoms with E-state index in [0.29, 0.717) is 11.6 Å². The number of pyridine rings is 2. The number of fused-ring (bicyclic) bond motifs is 2. The second-order valence-corrected chi connectivity index (χ2v) is 11.0. The van der Waals surface area contributed by atoms with Crippen LogP contribution in [-0.2, 0) is 11.2 Å². The fraction of sp³-hybridized carbons (Fsp3) is 0.105. The molecule has 44 heavy (non-hydrogen) atoms. The van der Waals surface area contributed by atoms with Gasteiger partial charge in [-0.2, -0.15) is 0 Å². The fourth-order valence-electron chi connectivity index (χ4n) is 6.17. The summed E-state index contributed by atoms with van der Waals surface area (Å²) in [5.41, 5.74) is 1.96. The first-order chi connectivity index (χ1) is 21.6. The SMILES string of the molecule is OC(CN1c2cccnc2N(CC(O)(c2ccccc2)c2ccccc2)c2cccnc21)(c1ccccc1)c1ccccc1. The Morgan fingerprint density at radius 2 is 0.705 bits per heavy atom. The Morgan fingerprint density at radius 3 is 1.00 bits per heavy atom. The van der Waals surface area contributed by atoms with Gasteiger partial charge in [0.2, 0.25) is 0 Å². The van der Waals surface area contributed by atoms with Gasteiger partial charge < -0.3 is 20.0 Å². The van der Waals surface area contributed by atoms with Crippen molar-refractivity contribution in [1.82, 2.24) is 9.97 Å². The lowest BCUT2D eigenvalue weighted by molar-refractivity contribution is 0.0880. The van der Waals surface area contributed by atoms with Gasteiger partial charge in [-0.3, -0.25) is 0 Å². The fourth-order valence-corrected chi connectivity index (χ4v) is 6.17. The second-order valence-electron chi connectivity index (χ2n) is 11.0. The Labute approximate surface area is 257 Å². The molecule has 3 heterocycles. The van der Waals surface area contributed by atoms with Gasteiger partial charge in [-0.05, 0) is 46.5 Å². The molecule has 6 heteroatoms. The molecule has 0 amide bonds. The van der Waals surface area contributed by atoms with Crippen molar-refractivity contribution in [2.75, 3.05) is 22.9 Å². The second kappa shape index (κ2) is 11.4. The van der Waals surface area contributed by atoms with E-state index < -0.39 is 11.2 Å². The summed E-state index contributed by atoms with van der Waals surface area (Å²) in [6, 6.07) is 46.7. The molecular formula is C38H32N4O2. The normalized spacial score (nSPS) is 12.9. The third-order valence-electron chi connectivity index (χ3n) is 8.40. The maximum absolute atomic E-state index is 12.6. The Bertz CT molecular complexity index is 1590. The summed E-state index contributed by atoms with van der Waals surface area (Å²) in [6.07, 6.45) is 3.52. The van der Waals surface area contributed by atoms with Crippen LogP contribution in [-0.4, -0.2) is 33.3 Å². The maximum atomic E-state index is 12.6. The summed E-state index contributed by atoms with van der Waals surface area (Å²) >= 11 is 0. The minimum atomic E-state index is -1.36. The monoisotopic (exact) mass is 576 g/mol. The number of anilines is 4. The van der Waals surface area contributed by atoms with E-state index in [2.05, 4.69) is 0 Å². The van der Waals surface area contributed by atoms with Crippen LogP contribution in [0.25, 0.3) is 0 Å². The van der Waals surface area contributed by atoms with Gasteiger partial charge >= 0.3 is 0 Å². The summed E-state index contributed by atoms with van der Waals surface area (Å²) in [7, 11) is 0. The molecule has 0 radical (unpaired) electrons. The Kier molecular flexibility index (Phi) is 7.14. The zero-order valence-electron chi connectivity index (χ0n) is 24.1. The number of hydrogen-bond acceptors (Lipinski definition) is 6. The molecule has 4 aromatic carbocycles. The van der Waals surface area contributed by atoms with Crippen molar-refractivity contribution in [3.05, 3.63) is 180 Å². The highest BCUT2D eigenvalue weighted by Gasteiger charge is 2.42. The Morgan fingerprint density at radius 1 is 0.409 bits per heavy atom. The van der Waals surface area contributed by atoms with Gasteiger partial charge in [-0.15, -0.1) is 0 Å². The van der Waals surface area contributed by atoms with Crippen LogP contribution >= 0.6 is 0 Å². The summed E-state index contributed by atoms with van der Waals surface area (Å²) in [5.74, 6) is 1.34. The number of nitrogens with zero attached hydrogens (tertiary/aromatic N) is 4. The van der Waals surface area contributed by atoms with E-state index in [1.54, 1.807) is 12.4 Å². The molecule has 6 aromatic rings. The molecule has 0 fully saturated rings. The van der Waals surface area contributed by atoms with Crippen LogP contribution in [0, 0.1) is 0 Å². The Balaban J connectivity index is 1.37. The summed E-state index contributed by atoms with van der Waals surface area (Å²) in [6.45, 7) is 0.387. The summed E-state index contributed by atoms with van der Waals surface area (Å²) in [5, 5.41) is 25.1. The van der Waals surface area contributed by atoms with Crippen molar-refractivity contribution in [3.8, 4) is 0 Å². The number of rotatable bonds is 8. The number of aliphatic hydroxyl groups is 2. The van der Waals surface area contributed by atoms with Gasteiger partial charge in [0.05, 0.1) is 24.5 Å². The first kappa shape index (κ1) is 27.5. The predicted octanol–water partition coefficient (Wildman–Crippen LogP) is 6.94. The molecule has 2 N–H and O–H groups in total. The minimum Gasteiger partial charge on any atom is -0.378 e. The van der Waals surface area contributed by atoms with Gasteiger partial charge in [0.1, 0.15) is 11.2 Å². The van der Waals surface area contributed by atoms with Crippen molar-refractivity contribution in [2.24, 2.45) is 0 Å². The lowest BCUT2D eigenvalue weighted by Gasteiger charge is -2.44. The third kappa shape index (κ3) is 4.80. The highest BCUT2D eigenvalue weighted by atomic mass is 16.3. The zero-order chi connectivity index (χ0) is 30.0. The van der Waals surface area contributed by atoms with E-state index in [4.69, 9.17) is 9.97 Å². The smallest absolute Gasteiger partial charge is 0.157 e. The largest absolute Gasteiger partial charge is 0.378 e. The number of benzene rings is 4. The van der Waals surface area contributed by atoms with Crippen LogP contribution in [0.5, 0.6) is 0 Å². The molecular weight excluding hydrogens is 544 g/mol. The van der Waals surface area contributed by atoms with Crippen LogP contribution in [0.1, 0.15) is 22.3 Å². The van der Waals surface area contributed by atoms with Gasteiger partial charge in [-0.25, -0.2) is 9.97 Å². The third-order valence-corrected chi connectivity index (χ3v) is 8.40. The van der Waals surface area contributed by atoms with E-state index in [9.17, 15) is 10.2 Å².